The summed E-state index contributed by atoms with van der Waals surface area (Å²) in [5.41, 5.74) is 3.26. The van der Waals surface area contributed by atoms with E-state index in [0.717, 1.165) is 22.7 Å². The summed E-state index contributed by atoms with van der Waals surface area (Å²) in [6.07, 6.45) is 1.61. The molecule has 1 aromatic carbocycles. The van der Waals surface area contributed by atoms with Gasteiger partial charge in [-0.1, -0.05) is 18.2 Å². The molecule has 0 unspecified atom stereocenters. The molecule has 6 nitrogen and oxygen atoms in total. The average molecular weight is 376 g/mol. The molecule has 0 aliphatic rings. The van der Waals surface area contributed by atoms with Crippen LogP contribution in [-0.4, -0.2) is 23.6 Å². The molecular formula is C22H24N4O2. The first kappa shape index (κ1) is 19.3. The summed E-state index contributed by atoms with van der Waals surface area (Å²) in [7, 11) is 0. The molecule has 2 heterocycles. The first-order valence-electron chi connectivity index (χ1n) is 9.27. The topological polar surface area (TPSA) is 74.2 Å². The zero-order chi connectivity index (χ0) is 20.1. The number of carbonyl (C=O) groups excluding carboxylic acids is 1. The number of carbonyl (C=O) groups is 1. The Kier molecular flexibility index (Phi) is 5.85. The van der Waals surface area contributed by atoms with E-state index < -0.39 is 0 Å². The zero-order valence-corrected chi connectivity index (χ0v) is 16.4. The van der Waals surface area contributed by atoms with Gasteiger partial charge >= 0.3 is 0 Å². The highest BCUT2D eigenvalue weighted by atomic mass is 16.3. The van der Waals surface area contributed by atoms with Crippen LogP contribution < -0.4 is 10.2 Å². The summed E-state index contributed by atoms with van der Waals surface area (Å²) < 4.78 is 7.37. The molecule has 1 amide bonds. The maximum absolute atomic E-state index is 12.8. The Morgan fingerprint density at radius 1 is 1.21 bits per heavy atom. The van der Waals surface area contributed by atoms with E-state index in [4.69, 9.17) is 4.42 Å². The fraction of sp³-hybridized carbons (Fsp3) is 0.273. The number of benzene rings is 1. The summed E-state index contributed by atoms with van der Waals surface area (Å²) in [5, 5.41) is 12.6. The minimum atomic E-state index is -0.166. The van der Waals surface area contributed by atoms with Crippen LogP contribution >= 0.6 is 0 Å². The molecule has 0 saturated carbocycles. The first-order valence-corrected chi connectivity index (χ1v) is 9.27. The molecule has 1 N–H and O–H groups in total. The highest BCUT2D eigenvalue weighted by Crippen LogP contribution is 2.27. The number of nitriles is 1. The van der Waals surface area contributed by atoms with E-state index >= 15 is 0 Å². The minimum Gasteiger partial charge on any atom is -0.467 e. The van der Waals surface area contributed by atoms with Crippen molar-refractivity contribution >= 4 is 17.4 Å². The molecular weight excluding hydrogens is 352 g/mol. The number of amides is 1. The van der Waals surface area contributed by atoms with Crippen molar-refractivity contribution in [1.29, 1.82) is 5.26 Å². The number of aromatic nitrogens is 1. The van der Waals surface area contributed by atoms with Gasteiger partial charge in [0.15, 0.2) is 0 Å². The standard InChI is InChI=1S/C22H24N4O2/c1-4-25(18-9-6-5-7-10-18)15-21(27)24-22-20(13-23)16(2)17(3)26(22)14-19-11-8-12-28-19/h5-12H,4,14-15H2,1-3H3,(H,24,27). The molecule has 144 valence electrons. The third kappa shape index (κ3) is 3.94. The Morgan fingerprint density at radius 3 is 2.57 bits per heavy atom. The second kappa shape index (κ2) is 8.49. The van der Waals surface area contributed by atoms with Crippen molar-refractivity contribution < 1.29 is 9.21 Å². The summed E-state index contributed by atoms with van der Waals surface area (Å²) in [5.74, 6) is 1.11. The van der Waals surface area contributed by atoms with Gasteiger partial charge in [0.05, 0.1) is 24.9 Å². The fourth-order valence-electron chi connectivity index (χ4n) is 3.26. The van der Waals surface area contributed by atoms with Crippen molar-refractivity contribution in [3.8, 4) is 6.07 Å². The van der Waals surface area contributed by atoms with E-state index in [1.54, 1.807) is 6.26 Å². The van der Waals surface area contributed by atoms with E-state index in [1.165, 1.54) is 0 Å². The van der Waals surface area contributed by atoms with Crippen molar-refractivity contribution in [2.45, 2.75) is 27.3 Å². The molecule has 6 heteroatoms. The van der Waals surface area contributed by atoms with Crippen molar-refractivity contribution in [2.75, 3.05) is 23.3 Å². The molecule has 0 fully saturated rings. The summed E-state index contributed by atoms with van der Waals surface area (Å²) in [6.45, 7) is 7.20. The smallest absolute Gasteiger partial charge is 0.245 e. The van der Waals surface area contributed by atoms with E-state index in [1.807, 2.05) is 72.7 Å². The molecule has 3 aromatic rings. The minimum absolute atomic E-state index is 0.166. The molecule has 3 rings (SSSR count). The molecule has 0 aliphatic heterocycles. The zero-order valence-electron chi connectivity index (χ0n) is 16.4. The molecule has 2 aromatic heterocycles. The number of nitrogens with zero attached hydrogens (tertiary/aromatic N) is 3. The van der Waals surface area contributed by atoms with Crippen LogP contribution in [0, 0.1) is 25.2 Å². The quantitative estimate of drug-likeness (QED) is 0.674. The van der Waals surface area contributed by atoms with Gasteiger partial charge in [-0.3, -0.25) is 4.79 Å². The van der Waals surface area contributed by atoms with Gasteiger partial charge in [-0.25, -0.2) is 0 Å². The van der Waals surface area contributed by atoms with Crippen LogP contribution in [0.2, 0.25) is 0 Å². The van der Waals surface area contributed by atoms with Gasteiger partial charge in [0.25, 0.3) is 0 Å². The van der Waals surface area contributed by atoms with Crippen molar-refractivity contribution in [3.05, 3.63) is 71.3 Å². The van der Waals surface area contributed by atoms with E-state index in [2.05, 4.69) is 11.4 Å². The maximum Gasteiger partial charge on any atom is 0.245 e. The molecule has 0 radical (unpaired) electrons. The number of nitrogens with one attached hydrogen (secondary N) is 1. The van der Waals surface area contributed by atoms with Gasteiger partial charge in [0.2, 0.25) is 5.91 Å². The van der Waals surface area contributed by atoms with Crippen LogP contribution in [0.4, 0.5) is 11.5 Å². The van der Waals surface area contributed by atoms with Crippen LogP contribution in [0.3, 0.4) is 0 Å². The number of hydrogen-bond acceptors (Lipinski definition) is 4. The van der Waals surface area contributed by atoms with Crippen LogP contribution in [-0.2, 0) is 11.3 Å². The lowest BCUT2D eigenvalue weighted by atomic mass is 10.2. The SMILES string of the molecule is CCN(CC(=O)Nc1c(C#N)c(C)c(C)n1Cc1ccco1)c1ccccc1. The van der Waals surface area contributed by atoms with Crippen molar-refractivity contribution in [2.24, 2.45) is 0 Å². The Bertz CT molecular complexity index is 982. The highest BCUT2D eigenvalue weighted by molar-refractivity contribution is 5.95. The molecule has 28 heavy (non-hydrogen) atoms. The lowest BCUT2D eigenvalue weighted by molar-refractivity contribution is -0.115. The number of para-hydroxylation sites is 1. The second-order valence-corrected chi connectivity index (χ2v) is 6.61. The van der Waals surface area contributed by atoms with Crippen LogP contribution in [0.5, 0.6) is 0 Å². The second-order valence-electron chi connectivity index (χ2n) is 6.61. The van der Waals surface area contributed by atoms with Gasteiger partial charge in [0, 0.05) is 17.9 Å². The number of rotatable bonds is 7. The van der Waals surface area contributed by atoms with Gasteiger partial charge in [-0.2, -0.15) is 5.26 Å². The predicted octanol–water partition coefficient (Wildman–Crippen LogP) is 4.08. The van der Waals surface area contributed by atoms with Gasteiger partial charge in [0.1, 0.15) is 17.6 Å². The van der Waals surface area contributed by atoms with E-state index in [-0.39, 0.29) is 12.5 Å². The van der Waals surface area contributed by atoms with Gasteiger partial charge < -0.3 is 19.2 Å². The third-order valence-corrected chi connectivity index (χ3v) is 4.93. The highest BCUT2D eigenvalue weighted by Gasteiger charge is 2.21. The lowest BCUT2D eigenvalue weighted by Crippen LogP contribution is -2.33. The van der Waals surface area contributed by atoms with Crippen molar-refractivity contribution in [1.82, 2.24) is 4.57 Å². The average Bonchev–Trinajstić information content (AvgIpc) is 3.30. The van der Waals surface area contributed by atoms with Crippen LogP contribution in [0.25, 0.3) is 0 Å². The predicted molar refractivity (Wildman–Crippen MR) is 109 cm³/mol. The number of hydrogen-bond donors (Lipinski definition) is 1. The van der Waals surface area contributed by atoms with Crippen LogP contribution in [0.1, 0.15) is 29.5 Å². The molecule has 0 atom stereocenters. The molecule has 0 saturated heterocycles. The van der Waals surface area contributed by atoms with Crippen molar-refractivity contribution in [3.63, 3.8) is 0 Å². The third-order valence-electron chi connectivity index (χ3n) is 4.93. The first-order chi connectivity index (χ1) is 13.5. The number of furan rings is 1. The molecule has 0 spiro atoms. The number of likely N-dealkylation sites (N-methyl/N-ethyl adjacent to an activating group) is 1. The largest absolute Gasteiger partial charge is 0.467 e. The number of anilines is 2. The summed E-state index contributed by atoms with van der Waals surface area (Å²) >= 11 is 0. The van der Waals surface area contributed by atoms with E-state index in [0.29, 0.717) is 24.5 Å². The summed E-state index contributed by atoms with van der Waals surface area (Å²) in [4.78, 5) is 14.8. The Labute approximate surface area is 165 Å². The normalized spacial score (nSPS) is 10.5. The molecule has 0 aliphatic carbocycles. The van der Waals surface area contributed by atoms with Crippen LogP contribution in [0.15, 0.2) is 53.1 Å². The van der Waals surface area contributed by atoms with E-state index in [9.17, 15) is 10.1 Å². The monoisotopic (exact) mass is 376 g/mol. The maximum atomic E-state index is 12.8. The molecule has 0 bridgehead atoms. The Hall–Kier alpha value is -3.46. The Balaban J connectivity index is 1.85. The fourth-order valence-corrected chi connectivity index (χ4v) is 3.26. The van der Waals surface area contributed by atoms with Gasteiger partial charge in [-0.15, -0.1) is 0 Å². The van der Waals surface area contributed by atoms with Gasteiger partial charge in [-0.05, 0) is 50.6 Å². The Morgan fingerprint density at radius 2 is 1.96 bits per heavy atom. The lowest BCUT2D eigenvalue weighted by Gasteiger charge is -2.22. The summed E-state index contributed by atoms with van der Waals surface area (Å²) in [6, 6.07) is 15.7.